The van der Waals surface area contributed by atoms with Gasteiger partial charge in [0, 0.05) is 16.3 Å². The van der Waals surface area contributed by atoms with E-state index in [-0.39, 0.29) is 29.8 Å². The minimum absolute atomic E-state index is 0.0471. The summed E-state index contributed by atoms with van der Waals surface area (Å²) in [6.07, 6.45) is 0. The topological polar surface area (TPSA) is 101 Å². The van der Waals surface area contributed by atoms with E-state index in [2.05, 4.69) is 10.6 Å². The first kappa shape index (κ1) is 17.9. The Hall–Kier alpha value is -2.94. The maximum Gasteiger partial charge on any atom is 0.329 e. The molecule has 0 spiro atoms. The van der Waals surface area contributed by atoms with Gasteiger partial charge in [-0.25, -0.2) is 9.69 Å². The maximum atomic E-state index is 12.3. The van der Waals surface area contributed by atoms with Crippen LogP contribution in [0.1, 0.15) is 16.1 Å². The molecule has 8 nitrogen and oxygen atoms in total. The minimum atomic E-state index is -0.488. The number of amides is 4. The van der Waals surface area contributed by atoms with E-state index in [1.807, 2.05) is 6.92 Å². The molecule has 0 radical (unpaired) electrons. The van der Waals surface area contributed by atoms with Gasteiger partial charge in [-0.15, -0.1) is 0 Å². The first-order valence-corrected chi connectivity index (χ1v) is 8.77. The Balaban J connectivity index is 1.81. The molecular formula is C17H18N4O4S. The molecule has 1 aromatic heterocycles. The van der Waals surface area contributed by atoms with Crippen LogP contribution in [-0.4, -0.2) is 29.0 Å². The molecule has 0 atom stereocenters. The highest BCUT2D eigenvalue weighted by molar-refractivity contribution is 7.09. The average molecular weight is 374 g/mol. The second-order valence-electron chi connectivity index (χ2n) is 6.03. The van der Waals surface area contributed by atoms with E-state index in [1.54, 1.807) is 32.0 Å². The lowest BCUT2D eigenvalue weighted by Gasteiger charge is -2.17. The van der Waals surface area contributed by atoms with Crippen molar-refractivity contribution in [2.75, 3.05) is 16.8 Å². The van der Waals surface area contributed by atoms with Gasteiger partial charge in [-0.05, 0) is 38.5 Å². The van der Waals surface area contributed by atoms with Crippen molar-refractivity contribution in [2.24, 2.45) is 0 Å². The van der Waals surface area contributed by atoms with Gasteiger partial charge in [0.05, 0.1) is 12.2 Å². The van der Waals surface area contributed by atoms with Gasteiger partial charge in [0.2, 0.25) is 5.91 Å². The molecule has 1 fully saturated rings. The number of hydrogen-bond acceptors (Lipinski definition) is 5. The van der Waals surface area contributed by atoms with Crippen molar-refractivity contribution in [3.8, 4) is 0 Å². The summed E-state index contributed by atoms with van der Waals surface area (Å²) < 4.78 is 1.42. The third-order valence-corrected chi connectivity index (χ3v) is 5.25. The average Bonchev–Trinajstić information content (AvgIpc) is 3.03. The molecule has 0 unspecified atom stereocenters. The fourth-order valence-corrected chi connectivity index (χ4v) is 3.54. The van der Waals surface area contributed by atoms with E-state index in [9.17, 15) is 19.2 Å². The lowest BCUT2D eigenvalue weighted by Crippen LogP contribution is -2.31. The Kier molecular flexibility index (Phi) is 4.64. The van der Waals surface area contributed by atoms with Crippen LogP contribution in [0.25, 0.3) is 0 Å². The monoisotopic (exact) mass is 374 g/mol. The highest BCUT2D eigenvalue weighted by atomic mass is 32.1. The number of aromatic nitrogens is 1. The number of hydrogen-bond donors (Lipinski definition) is 2. The van der Waals surface area contributed by atoms with Crippen molar-refractivity contribution in [1.29, 1.82) is 0 Å². The van der Waals surface area contributed by atoms with Crippen molar-refractivity contribution in [3.63, 3.8) is 0 Å². The number of thiazole rings is 1. The van der Waals surface area contributed by atoms with Crippen LogP contribution in [0.2, 0.25) is 0 Å². The highest BCUT2D eigenvalue weighted by Gasteiger charge is 2.31. The molecule has 2 heterocycles. The highest BCUT2D eigenvalue weighted by Crippen LogP contribution is 2.26. The second-order valence-corrected chi connectivity index (χ2v) is 7.20. The van der Waals surface area contributed by atoms with Gasteiger partial charge in [-0.3, -0.25) is 19.0 Å². The molecule has 0 aliphatic carbocycles. The Morgan fingerprint density at radius 1 is 1.23 bits per heavy atom. The summed E-state index contributed by atoms with van der Waals surface area (Å²) in [6, 6.07) is 4.49. The number of imide groups is 1. The largest absolute Gasteiger partial charge is 0.329 e. The van der Waals surface area contributed by atoms with Crippen LogP contribution in [-0.2, 0) is 16.1 Å². The van der Waals surface area contributed by atoms with E-state index in [0.29, 0.717) is 11.4 Å². The number of nitrogens with one attached hydrogen (secondary N) is 2. The van der Waals surface area contributed by atoms with Crippen LogP contribution in [0.4, 0.5) is 16.2 Å². The fourth-order valence-electron chi connectivity index (χ4n) is 2.71. The normalized spacial score (nSPS) is 13.9. The summed E-state index contributed by atoms with van der Waals surface area (Å²) in [5.41, 5.74) is 2.36. The Morgan fingerprint density at radius 3 is 2.54 bits per heavy atom. The van der Waals surface area contributed by atoms with Crippen molar-refractivity contribution in [3.05, 3.63) is 44.0 Å². The predicted molar refractivity (Wildman–Crippen MR) is 98.7 cm³/mol. The summed E-state index contributed by atoms with van der Waals surface area (Å²) in [5.74, 6) is -0.711. The first-order chi connectivity index (χ1) is 12.3. The molecule has 3 rings (SSSR count). The van der Waals surface area contributed by atoms with Crippen LogP contribution in [0.5, 0.6) is 0 Å². The first-order valence-electron chi connectivity index (χ1n) is 7.96. The van der Waals surface area contributed by atoms with Crippen molar-refractivity contribution < 1.29 is 14.4 Å². The number of anilines is 2. The van der Waals surface area contributed by atoms with E-state index in [4.69, 9.17) is 0 Å². The number of urea groups is 1. The molecule has 1 aliphatic heterocycles. The van der Waals surface area contributed by atoms with Gasteiger partial charge in [-0.1, -0.05) is 17.4 Å². The van der Waals surface area contributed by atoms with Crippen molar-refractivity contribution in [2.45, 2.75) is 27.3 Å². The molecule has 2 N–H and O–H groups in total. The Morgan fingerprint density at radius 2 is 1.96 bits per heavy atom. The van der Waals surface area contributed by atoms with Gasteiger partial charge in [0.25, 0.3) is 5.91 Å². The predicted octanol–water partition coefficient (Wildman–Crippen LogP) is 1.53. The van der Waals surface area contributed by atoms with Crippen LogP contribution in [0.15, 0.2) is 23.0 Å². The molecule has 2 aromatic rings. The Labute approximate surface area is 153 Å². The van der Waals surface area contributed by atoms with Gasteiger partial charge in [0.1, 0.15) is 6.54 Å². The molecule has 9 heteroatoms. The standard InChI is InChI=1S/C17H18N4O4S/c1-9-4-5-12(6-13(9)21-15(23)7-18-16(21)24)19-14(22)8-20-10(2)11(3)26-17(20)25/h4-6H,7-8H2,1-3H3,(H,18,24)(H,19,22). The minimum Gasteiger partial charge on any atom is -0.328 e. The molecule has 0 bridgehead atoms. The third-order valence-electron chi connectivity index (χ3n) is 4.25. The van der Waals surface area contributed by atoms with E-state index < -0.39 is 6.03 Å². The zero-order chi connectivity index (χ0) is 19.0. The van der Waals surface area contributed by atoms with E-state index in [0.717, 1.165) is 32.4 Å². The lowest BCUT2D eigenvalue weighted by molar-refractivity contribution is -0.117. The molecule has 4 amide bonds. The third kappa shape index (κ3) is 3.25. The molecule has 0 saturated carbocycles. The van der Waals surface area contributed by atoms with Crippen LogP contribution in [0, 0.1) is 20.8 Å². The number of carbonyl (C=O) groups excluding carboxylic acids is 3. The number of carbonyl (C=O) groups is 3. The molecule has 26 heavy (non-hydrogen) atoms. The van der Waals surface area contributed by atoms with Crippen LogP contribution < -0.4 is 20.4 Å². The van der Waals surface area contributed by atoms with Crippen molar-refractivity contribution in [1.82, 2.24) is 9.88 Å². The quantitative estimate of drug-likeness (QED) is 0.793. The summed E-state index contributed by atoms with van der Waals surface area (Å²) in [5, 5.41) is 5.18. The summed E-state index contributed by atoms with van der Waals surface area (Å²) in [4.78, 5) is 49.7. The summed E-state index contributed by atoms with van der Waals surface area (Å²) in [6.45, 7) is 5.26. The molecule has 1 aliphatic rings. The number of rotatable bonds is 4. The lowest BCUT2D eigenvalue weighted by atomic mass is 10.1. The van der Waals surface area contributed by atoms with E-state index in [1.165, 1.54) is 4.57 Å². The zero-order valence-corrected chi connectivity index (χ0v) is 15.4. The second kappa shape index (κ2) is 6.75. The maximum absolute atomic E-state index is 12.3. The Bertz CT molecular complexity index is 960. The molecule has 1 aromatic carbocycles. The number of benzene rings is 1. The molecule has 136 valence electrons. The smallest absolute Gasteiger partial charge is 0.328 e. The zero-order valence-electron chi connectivity index (χ0n) is 14.6. The fraction of sp³-hybridized carbons (Fsp3) is 0.294. The van der Waals surface area contributed by atoms with Crippen LogP contribution in [0.3, 0.4) is 0 Å². The van der Waals surface area contributed by atoms with Gasteiger partial charge < -0.3 is 10.6 Å². The molecular weight excluding hydrogens is 356 g/mol. The molecule has 1 saturated heterocycles. The van der Waals surface area contributed by atoms with Crippen molar-refractivity contribution >= 4 is 40.6 Å². The summed E-state index contributed by atoms with van der Waals surface area (Å²) >= 11 is 1.10. The SMILES string of the molecule is Cc1ccc(NC(=O)Cn2c(C)c(C)sc2=O)cc1N1C(=O)CNC1=O. The van der Waals surface area contributed by atoms with Gasteiger partial charge in [-0.2, -0.15) is 0 Å². The summed E-state index contributed by atoms with van der Waals surface area (Å²) in [7, 11) is 0. The number of nitrogens with zero attached hydrogens (tertiary/aromatic N) is 2. The number of aryl methyl sites for hydroxylation is 2. The van der Waals surface area contributed by atoms with E-state index >= 15 is 0 Å². The van der Waals surface area contributed by atoms with Gasteiger partial charge in [0.15, 0.2) is 0 Å². The van der Waals surface area contributed by atoms with Crippen LogP contribution >= 0.6 is 11.3 Å². The van der Waals surface area contributed by atoms with Gasteiger partial charge >= 0.3 is 10.9 Å².